The highest BCUT2D eigenvalue weighted by Crippen LogP contribution is 2.25. The van der Waals surface area contributed by atoms with Crippen LogP contribution in [-0.4, -0.2) is 36.5 Å². The topological polar surface area (TPSA) is 32.3 Å². The fraction of sp³-hybridized carbons (Fsp3) is 0.750. The highest BCUT2D eigenvalue weighted by atomic mass is 16.2. The number of likely N-dealkylation sites (N-methyl/N-ethyl adjacent to an activating group) is 1. The number of carbonyl (C=O) groups is 1. The maximum Gasteiger partial charge on any atom is 0.236 e. The molecule has 0 aliphatic heterocycles. The molecule has 0 aromatic rings. The van der Waals surface area contributed by atoms with E-state index in [2.05, 4.69) is 18.2 Å². The molecule has 15 heavy (non-hydrogen) atoms. The molecule has 1 atom stereocenters. The fourth-order valence-corrected chi connectivity index (χ4v) is 1.52. The van der Waals surface area contributed by atoms with Crippen LogP contribution < -0.4 is 5.32 Å². The van der Waals surface area contributed by atoms with Crippen molar-refractivity contribution in [1.29, 1.82) is 0 Å². The van der Waals surface area contributed by atoms with Gasteiger partial charge in [0.25, 0.3) is 0 Å². The summed E-state index contributed by atoms with van der Waals surface area (Å²) in [4.78, 5) is 13.5. The predicted octanol–water partition coefficient (Wildman–Crippen LogP) is 0.999. The van der Waals surface area contributed by atoms with E-state index in [1.54, 1.807) is 0 Å². The average molecular weight is 208 g/mol. The molecule has 1 fully saturated rings. The lowest BCUT2D eigenvalue weighted by atomic mass is 10.1. The molecular formula is C12H20N2O. The molecule has 3 nitrogen and oxygen atoms in total. The first-order valence-corrected chi connectivity index (χ1v) is 5.61. The summed E-state index contributed by atoms with van der Waals surface area (Å²) >= 11 is 0. The fourth-order valence-electron chi connectivity index (χ4n) is 1.52. The van der Waals surface area contributed by atoms with Crippen LogP contribution in [0.5, 0.6) is 0 Å². The van der Waals surface area contributed by atoms with Crippen LogP contribution in [0.25, 0.3) is 0 Å². The second-order valence-electron chi connectivity index (χ2n) is 4.13. The zero-order valence-electron chi connectivity index (χ0n) is 9.62. The van der Waals surface area contributed by atoms with Gasteiger partial charge in [0.15, 0.2) is 0 Å². The standard InChI is InChI=1S/C12H20N2O/c1-4-6-10(5-2)13-9-12(15)14(3)11-7-8-11/h1,10-11,13H,5-9H2,2-3H3. The Bertz CT molecular complexity index is 253. The van der Waals surface area contributed by atoms with Crippen molar-refractivity contribution in [2.75, 3.05) is 13.6 Å². The van der Waals surface area contributed by atoms with Gasteiger partial charge in [-0.05, 0) is 19.3 Å². The van der Waals surface area contributed by atoms with Gasteiger partial charge in [0.1, 0.15) is 0 Å². The monoisotopic (exact) mass is 208 g/mol. The van der Waals surface area contributed by atoms with E-state index >= 15 is 0 Å². The third-order valence-electron chi connectivity index (χ3n) is 2.89. The summed E-state index contributed by atoms with van der Waals surface area (Å²) in [6, 6.07) is 0.763. The van der Waals surface area contributed by atoms with Gasteiger partial charge in [0, 0.05) is 25.6 Å². The van der Waals surface area contributed by atoms with Gasteiger partial charge in [-0.1, -0.05) is 6.92 Å². The van der Waals surface area contributed by atoms with Crippen LogP contribution in [0.3, 0.4) is 0 Å². The van der Waals surface area contributed by atoms with Gasteiger partial charge in [-0.2, -0.15) is 0 Å². The minimum atomic E-state index is 0.174. The molecule has 0 heterocycles. The van der Waals surface area contributed by atoms with Gasteiger partial charge in [-0.25, -0.2) is 0 Å². The first kappa shape index (κ1) is 12.1. The minimum Gasteiger partial charge on any atom is -0.342 e. The number of hydrogen-bond acceptors (Lipinski definition) is 2. The molecule has 0 spiro atoms. The Kier molecular flexibility index (Phi) is 4.64. The summed E-state index contributed by atoms with van der Waals surface area (Å²) in [5.74, 6) is 2.79. The van der Waals surface area contributed by atoms with Crippen molar-refractivity contribution in [3.8, 4) is 12.3 Å². The van der Waals surface area contributed by atoms with Crippen LogP contribution >= 0.6 is 0 Å². The number of carbonyl (C=O) groups excluding carboxylic acids is 1. The first-order chi connectivity index (χ1) is 7.19. The van der Waals surface area contributed by atoms with Crippen LogP contribution in [0, 0.1) is 12.3 Å². The van der Waals surface area contributed by atoms with Gasteiger partial charge >= 0.3 is 0 Å². The van der Waals surface area contributed by atoms with E-state index in [0.29, 0.717) is 19.0 Å². The molecule has 0 bridgehead atoms. The minimum absolute atomic E-state index is 0.174. The lowest BCUT2D eigenvalue weighted by Gasteiger charge is -2.19. The Balaban J connectivity index is 2.22. The van der Waals surface area contributed by atoms with Gasteiger partial charge in [0.05, 0.1) is 6.54 Å². The zero-order chi connectivity index (χ0) is 11.3. The van der Waals surface area contributed by atoms with Crippen LogP contribution in [0.4, 0.5) is 0 Å². The van der Waals surface area contributed by atoms with Crippen molar-refractivity contribution in [3.63, 3.8) is 0 Å². The van der Waals surface area contributed by atoms with Crippen LogP contribution in [0.15, 0.2) is 0 Å². The third kappa shape index (κ3) is 3.93. The molecule has 84 valence electrons. The number of rotatable bonds is 6. The molecule has 1 amide bonds. The molecular weight excluding hydrogens is 188 g/mol. The second-order valence-corrected chi connectivity index (χ2v) is 4.13. The SMILES string of the molecule is C#CCC(CC)NCC(=O)N(C)C1CC1. The van der Waals surface area contributed by atoms with Crippen molar-refractivity contribution in [2.45, 2.75) is 44.7 Å². The van der Waals surface area contributed by atoms with Gasteiger partial charge in [-0.3, -0.25) is 4.79 Å². The summed E-state index contributed by atoms with van der Waals surface area (Å²) in [7, 11) is 1.88. The Morgan fingerprint density at radius 3 is 2.80 bits per heavy atom. The maximum atomic E-state index is 11.7. The largest absolute Gasteiger partial charge is 0.342 e. The summed E-state index contributed by atoms with van der Waals surface area (Å²) in [5.41, 5.74) is 0. The van der Waals surface area contributed by atoms with Crippen molar-refractivity contribution >= 4 is 5.91 Å². The van der Waals surface area contributed by atoms with Crippen LogP contribution in [0.1, 0.15) is 32.6 Å². The number of amides is 1. The van der Waals surface area contributed by atoms with Gasteiger partial charge in [0.2, 0.25) is 5.91 Å². The molecule has 1 aliphatic carbocycles. The van der Waals surface area contributed by atoms with Gasteiger partial charge < -0.3 is 10.2 Å². The number of nitrogens with zero attached hydrogens (tertiary/aromatic N) is 1. The predicted molar refractivity (Wildman–Crippen MR) is 61.3 cm³/mol. The smallest absolute Gasteiger partial charge is 0.236 e. The molecule has 0 aromatic carbocycles. The second kappa shape index (κ2) is 5.77. The average Bonchev–Trinajstić information content (AvgIpc) is 3.06. The van der Waals surface area contributed by atoms with Crippen molar-refractivity contribution in [3.05, 3.63) is 0 Å². The Hall–Kier alpha value is -1.01. The van der Waals surface area contributed by atoms with E-state index in [0.717, 1.165) is 19.3 Å². The van der Waals surface area contributed by atoms with E-state index in [4.69, 9.17) is 6.42 Å². The van der Waals surface area contributed by atoms with E-state index < -0.39 is 0 Å². The van der Waals surface area contributed by atoms with Crippen LogP contribution in [-0.2, 0) is 4.79 Å². The summed E-state index contributed by atoms with van der Waals surface area (Å²) < 4.78 is 0. The highest BCUT2D eigenvalue weighted by molar-refractivity contribution is 5.78. The molecule has 0 aromatic heterocycles. The molecule has 0 radical (unpaired) electrons. The highest BCUT2D eigenvalue weighted by Gasteiger charge is 2.29. The quantitative estimate of drug-likeness (QED) is 0.660. The van der Waals surface area contributed by atoms with Crippen molar-refractivity contribution in [1.82, 2.24) is 10.2 Å². The zero-order valence-corrected chi connectivity index (χ0v) is 9.62. The Labute approximate surface area is 92.2 Å². The normalized spacial score (nSPS) is 16.9. The molecule has 1 saturated carbocycles. The molecule has 1 rings (SSSR count). The Morgan fingerprint density at radius 2 is 2.33 bits per heavy atom. The Morgan fingerprint density at radius 1 is 1.67 bits per heavy atom. The molecule has 1 N–H and O–H groups in total. The van der Waals surface area contributed by atoms with Gasteiger partial charge in [-0.15, -0.1) is 12.3 Å². The first-order valence-electron chi connectivity index (χ1n) is 5.61. The molecule has 1 unspecified atom stereocenters. The lowest BCUT2D eigenvalue weighted by molar-refractivity contribution is -0.129. The number of hydrogen-bond donors (Lipinski definition) is 1. The maximum absolute atomic E-state index is 11.7. The lowest BCUT2D eigenvalue weighted by Crippen LogP contribution is -2.40. The van der Waals surface area contributed by atoms with Crippen molar-refractivity contribution < 1.29 is 4.79 Å². The summed E-state index contributed by atoms with van der Waals surface area (Å²) in [6.45, 7) is 2.48. The summed E-state index contributed by atoms with van der Waals surface area (Å²) in [5, 5.41) is 3.20. The number of nitrogens with one attached hydrogen (secondary N) is 1. The third-order valence-corrected chi connectivity index (χ3v) is 2.89. The molecule has 3 heteroatoms. The van der Waals surface area contributed by atoms with Crippen LogP contribution in [0.2, 0.25) is 0 Å². The van der Waals surface area contributed by atoms with E-state index in [9.17, 15) is 4.79 Å². The van der Waals surface area contributed by atoms with E-state index in [1.807, 2.05) is 11.9 Å². The van der Waals surface area contributed by atoms with E-state index in [-0.39, 0.29) is 11.9 Å². The van der Waals surface area contributed by atoms with Crippen molar-refractivity contribution in [2.24, 2.45) is 0 Å². The van der Waals surface area contributed by atoms with E-state index in [1.165, 1.54) is 0 Å². The molecule has 1 aliphatic rings. The number of terminal acetylenes is 1. The summed E-state index contributed by atoms with van der Waals surface area (Å²) in [6.07, 6.45) is 9.21. The molecule has 0 saturated heterocycles.